The van der Waals surface area contributed by atoms with Crippen molar-refractivity contribution in [3.05, 3.63) is 0 Å². The number of aliphatic hydroxyl groups excluding tert-OH is 1. The summed E-state index contributed by atoms with van der Waals surface area (Å²) in [5.41, 5.74) is 16.6. The minimum atomic E-state index is -5.38. The fraction of sp³-hybridized carbons (Fsp3) is 0.733. The predicted octanol–water partition coefficient (Wildman–Crippen LogP) is -7.04. The van der Waals surface area contributed by atoms with E-state index < -0.39 is 179 Å². The number of hydrogen-bond donors (Lipinski definition) is 19. The Hall–Kier alpha value is -8.46. The van der Waals surface area contributed by atoms with Crippen molar-refractivity contribution < 1.29 is 95.9 Å². The molecule has 0 saturated carbocycles. The molecule has 0 aromatic rings. The monoisotopic (exact) mass is 1470 g/mol. The normalized spacial score (nSPS) is 19.5. The first kappa shape index (κ1) is 85.0. The van der Waals surface area contributed by atoms with Crippen LogP contribution in [0.4, 0.5) is 4.79 Å². The number of nitrogens with one attached hydrogen (secondary N) is 13. The molecule has 16 amide bonds. The van der Waals surface area contributed by atoms with Crippen LogP contribution in [0, 0.1) is 17.8 Å². The Bertz CT molecular complexity index is 3030. The summed E-state index contributed by atoms with van der Waals surface area (Å²) in [6.07, 6.45) is 3.44. The second kappa shape index (κ2) is 42.1. The van der Waals surface area contributed by atoms with E-state index in [2.05, 4.69) is 78.6 Å². The second-order valence-electron chi connectivity index (χ2n) is 26.3. The van der Waals surface area contributed by atoms with Crippen molar-refractivity contribution in [1.29, 1.82) is 0 Å². The molecule has 39 nitrogen and oxygen atoms in total. The molecule has 0 spiro atoms. The van der Waals surface area contributed by atoms with Gasteiger partial charge in [-0.3, -0.25) is 76.6 Å². The number of aliphatic imine (C=N–C) groups is 1. The lowest BCUT2D eigenvalue weighted by Crippen LogP contribution is -2.61. The molecule has 101 heavy (non-hydrogen) atoms. The van der Waals surface area contributed by atoms with E-state index in [0.29, 0.717) is 19.3 Å². The summed E-state index contributed by atoms with van der Waals surface area (Å²) in [5.74, 6) is -11.8. The highest BCUT2D eigenvalue weighted by molar-refractivity contribution is 8.00. The Labute approximate surface area is 588 Å². The number of guanidine groups is 1. The maximum absolute atomic E-state index is 14.4. The van der Waals surface area contributed by atoms with Gasteiger partial charge in [0.15, 0.2) is 5.96 Å². The van der Waals surface area contributed by atoms with Gasteiger partial charge < -0.3 is 111 Å². The number of urea groups is 1. The van der Waals surface area contributed by atoms with Gasteiger partial charge in [-0.2, -0.15) is 11.8 Å². The number of aliphatic hydroxyl groups is 1. The van der Waals surface area contributed by atoms with Crippen molar-refractivity contribution >= 4 is 114 Å². The Morgan fingerprint density at radius 3 is 1.55 bits per heavy atom. The number of phosphoric acid groups is 1. The molecule has 568 valence electrons. The van der Waals surface area contributed by atoms with Gasteiger partial charge in [0.25, 0.3) is 0 Å². The van der Waals surface area contributed by atoms with Gasteiger partial charge >= 0.3 is 13.9 Å². The fourth-order valence-corrected chi connectivity index (χ4v) is 13.4. The highest BCUT2D eigenvalue weighted by Gasteiger charge is 2.44. The number of amides is 16. The molecule has 4 saturated heterocycles. The zero-order chi connectivity index (χ0) is 75.3. The lowest BCUT2D eigenvalue weighted by molar-refractivity contribution is -0.143. The number of unbranched alkanes of at least 4 members (excludes halogenated alkanes) is 1. The average molecular weight is 1470 g/mol. The maximum atomic E-state index is 14.4. The van der Waals surface area contributed by atoms with E-state index in [4.69, 9.17) is 17.2 Å². The molecule has 0 radical (unpaired) electrons. The van der Waals surface area contributed by atoms with Crippen LogP contribution in [0.3, 0.4) is 0 Å². The number of thioether (sulfide) groups is 1. The number of rotatable bonds is 43. The van der Waals surface area contributed by atoms with Gasteiger partial charge in [0.2, 0.25) is 82.7 Å². The molecule has 0 aromatic heterocycles. The summed E-state index contributed by atoms with van der Waals surface area (Å²) in [6.45, 7) is 5.27. The third-order valence-corrected chi connectivity index (χ3v) is 18.4. The Balaban J connectivity index is 1.30. The number of carbonyl (C=O) groups excluding carboxylic acids is 15. The smallest absolute Gasteiger partial charge is 0.394 e. The van der Waals surface area contributed by atoms with Crippen LogP contribution in [0.2, 0.25) is 0 Å². The van der Waals surface area contributed by atoms with Gasteiger partial charge in [0.05, 0.1) is 58.0 Å². The summed E-state index contributed by atoms with van der Waals surface area (Å²) < 4.78 is 16.6. The van der Waals surface area contributed by atoms with E-state index in [0.717, 1.165) is 23.5 Å². The number of likely N-dealkylation sites (tertiary alicyclic amines) is 2. The van der Waals surface area contributed by atoms with E-state index in [-0.39, 0.29) is 124 Å². The average Bonchev–Trinajstić information content (AvgIpc) is 1.76. The van der Waals surface area contributed by atoms with Gasteiger partial charge in [-0.1, -0.05) is 48.0 Å². The van der Waals surface area contributed by atoms with E-state index in [1.807, 2.05) is 13.8 Å². The van der Waals surface area contributed by atoms with Crippen LogP contribution in [0.1, 0.15) is 125 Å². The topological polar surface area (TPSA) is 596 Å². The first-order valence-corrected chi connectivity index (χ1v) is 36.2. The third kappa shape index (κ3) is 30.3. The van der Waals surface area contributed by atoms with Crippen molar-refractivity contribution in [2.24, 2.45) is 39.9 Å². The number of phosphoric ester groups is 1. The number of hydrogen-bond acceptors (Lipinski definition) is 20. The van der Waals surface area contributed by atoms with Gasteiger partial charge in [-0.15, -0.1) is 0 Å². The van der Waals surface area contributed by atoms with Crippen molar-refractivity contribution in [2.45, 2.75) is 191 Å². The minimum Gasteiger partial charge on any atom is -0.394 e. The molecule has 4 aliphatic heterocycles. The van der Waals surface area contributed by atoms with Crippen molar-refractivity contribution in [2.75, 3.05) is 71.3 Å². The minimum absolute atomic E-state index is 0.0151. The summed E-state index contributed by atoms with van der Waals surface area (Å²) in [4.78, 5) is 223. The quantitative estimate of drug-likeness (QED) is 0.00887. The second-order valence-corrected chi connectivity index (χ2v) is 28.8. The van der Waals surface area contributed by atoms with Crippen LogP contribution in [-0.4, -0.2) is 256 Å². The molecule has 0 unspecified atom stereocenters. The maximum Gasteiger partial charge on any atom is 0.469 e. The molecule has 0 aromatic carbocycles. The van der Waals surface area contributed by atoms with Crippen LogP contribution in [0.5, 0.6) is 0 Å². The fourth-order valence-electron chi connectivity index (χ4n) is 11.6. The highest BCUT2D eigenvalue weighted by atomic mass is 32.2. The number of carbonyl (C=O) groups is 15. The van der Waals surface area contributed by atoms with Crippen molar-refractivity contribution in [1.82, 2.24) is 78.9 Å². The van der Waals surface area contributed by atoms with Crippen LogP contribution >= 0.6 is 19.6 Å². The lowest BCUT2D eigenvalue weighted by Gasteiger charge is -2.31. The largest absolute Gasteiger partial charge is 0.469 e. The van der Waals surface area contributed by atoms with Gasteiger partial charge in [-0.05, 0) is 88.4 Å². The molecule has 41 heteroatoms. The van der Waals surface area contributed by atoms with Gasteiger partial charge in [0.1, 0.15) is 48.3 Å². The third-order valence-electron chi connectivity index (χ3n) is 16.5. The van der Waals surface area contributed by atoms with Crippen LogP contribution in [-0.2, 0) is 76.2 Å². The molecular formula is C60H102N19O20PS. The summed E-state index contributed by atoms with van der Waals surface area (Å²) >= 11 is 1.77. The highest BCUT2D eigenvalue weighted by Crippen LogP contribution is 2.36. The first-order chi connectivity index (χ1) is 47.5. The molecule has 22 N–H and O–H groups in total. The van der Waals surface area contributed by atoms with E-state index in [9.17, 15) is 91.4 Å². The Morgan fingerprint density at radius 2 is 1.03 bits per heavy atom. The number of nitrogens with zero attached hydrogens (tertiary/aromatic N) is 3. The van der Waals surface area contributed by atoms with E-state index in [1.165, 1.54) is 4.90 Å². The molecule has 11 atom stereocenters. The van der Waals surface area contributed by atoms with Crippen LogP contribution in [0.25, 0.3) is 0 Å². The van der Waals surface area contributed by atoms with Crippen LogP contribution < -0.4 is 86.3 Å². The number of primary amides is 1. The Kier molecular flexibility index (Phi) is 35.4. The van der Waals surface area contributed by atoms with E-state index in [1.54, 1.807) is 39.5 Å². The molecule has 4 aliphatic rings. The molecule has 4 rings (SSSR count). The van der Waals surface area contributed by atoms with Gasteiger partial charge in [0, 0.05) is 37.1 Å². The summed E-state index contributed by atoms with van der Waals surface area (Å²) in [7, 11) is -5.38. The molecule has 0 aliphatic carbocycles. The number of nitrogens with two attached hydrogens (primary N) is 3. The zero-order valence-electron chi connectivity index (χ0n) is 57.8. The summed E-state index contributed by atoms with van der Waals surface area (Å²) in [6, 6.07) is -11.5. The standard InChI is InChI=1S/C60H102N19O20PS/c1-31(2)20-35(70-49(86)27-69-48(85)26-68-47(84)25-67-46(83)24-66-45(82)23-65-44(81)16-8-7-15-43-50-40(30-101-43)76-60(95)77-50)53(89)74-38(28-80)55(91)75-39(29-99-100(96,97)98)58(94)79-19-11-14-42(79)56(92)72-36(21-32(3)4)54(90)71-34(12-9-17-64-59(62)63)52(88)73-37(22-33(5)6)57(93)78-18-10-13-41(78)51(61)87/h31-43,50,80H,7-30H2,1-6H3,(H2,61,87)(H,65,81)(H,66,82)(H,67,83)(H,68,84)(H,69,85)(H,70,86)(H,71,90)(H,72,92)(H,73,88)(H,74,89)(H,75,91)(H4,62,63,64)(H2,76,77,95)(H2,96,97,98)/t34-,35-,36-,37-,38-,39-,40-,41-,42-,43-,50-/m0/s1. The first-order valence-electron chi connectivity index (χ1n) is 33.7. The van der Waals surface area contributed by atoms with Gasteiger partial charge in [-0.25, -0.2) is 9.36 Å². The van der Waals surface area contributed by atoms with E-state index >= 15 is 0 Å². The molecule has 4 fully saturated rings. The lowest BCUT2D eigenvalue weighted by atomic mass is 10.00. The Morgan fingerprint density at radius 1 is 0.574 bits per heavy atom. The summed E-state index contributed by atoms with van der Waals surface area (Å²) in [5, 5.41) is 42.8. The van der Waals surface area contributed by atoms with Crippen molar-refractivity contribution in [3.63, 3.8) is 0 Å². The molecular weight excluding hydrogens is 1370 g/mol. The SMILES string of the molecule is CC(C)C[C@H](NC(=O)CNC(=O)CNC(=O)CNC(=O)CNC(=O)CNC(=O)CCCC[C@@H]1SC[C@@H]2NC(=O)N[C@@H]21)C(=O)N[C@@H](CO)C(=O)N[C@@H](COP(=O)(O)O)C(=O)N1CCC[C@H]1C(=O)N[C@@H](CC(C)C)C(=O)N[C@@H](CCCN=C(N)N)C(=O)N[C@@H](CC(C)C)C(=O)N1CCC[C@H]1C(N)=O. The van der Waals surface area contributed by atoms with Crippen LogP contribution in [0.15, 0.2) is 4.99 Å². The zero-order valence-corrected chi connectivity index (χ0v) is 59.5. The number of fused-ring (bicyclic) bond motifs is 1. The predicted molar refractivity (Wildman–Crippen MR) is 363 cm³/mol. The molecule has 0 bridgehead atoms. The molecule has 4 heterocycles. The van der Waals surface area contributed by atoms with Crippen molar-refractivity contribution in [3.8, 4) is 0 Å².